The van der Waals surface area contributed by atoms with Gasteiger partial charge in [-0.3, -0.25) is 23.7 Å². The van der Waals surface area contributed by atoms with E-state index in [9.17, 15) is 32.3 Å². The van der Waals surface area contributed by atoms with Crippen molar-refractivity contribution in [2.45, 2.75) is 55.1 Å². The van der Waals surface area contributed by atoms with Crippen LogP contribution >= 0.6 is 34.7 Å². The lowest BCUT2D eigenvalue weighted by Gasteiger charge is -2.31. The summed E-state index contributed by atoms with van der Waals surface area (Å²) in [4.78, 5) is 55.6. The average Bonchev–Trinajstić information content (AvgIpc) is 3.43. The Bertz CT molecular complexity index is 1910. The summed E-state index contributed by atoms with van der Waals surface area (Å²) in [6.07, 6.45) is -4.59. The van der Waals surface area contributed by atoms with E-state index in [2.05, 4.69) is 26.1 Å². The maximum atomic E-state index is 14.1. The van der Waals surface area contributed by atoms with E-state index < -0.39 is 58.0 Å². The molecule has 2 aliphatic rings. The molecule has 2 unspecified atom stereocenters. The fourth-order valence-corrected chi connectivity index (χ4v) is 8.67. The summed E-state index contributed by atoms with van der Waals surface area (Å²) in [7, 11) is 0. The SMILES string of the molecule is CC(C)(C)c1ccc([C@H]2c3sc(=O)n(CC(=O)Nc4cccc(C(F)(F)F)c4)c3SC3C(=O)N(c4ccc(Cl)cc4)C(=O)C32)cc1. The van der Waals surface area contributed by atoms with E-state index in [4.69, 9.17) is 11.6 Å². The zero-order chi connectivity index (χ0) is 33.1. The number of halogens is 4. The zero-order valence-corrected chi connectivity index (χ0v) is 27.1. The number of carbonyl (C=O) groups excluding carboxylic acids is 3. The number of nitrogens with one attached hydrogen (secondary N) is 1. The summed E-state index contributed by atoms with van der Waals surface area (Å²) in [5, 5.41) is 2.37. The van der Waals surface area contributed by atoms with Crippen LogP contribution in [0.15, 0.2) is 82.6 Å². The van der Waals surface area contributed by atoms with E-state index in [0.717, 1.165) is 51.3 Å². The number of imide groups is 1. The Balaban J connectivity index is 1.39. The Hall–Kier alpha value is -3.87. The molecule has 0 bridgehead atoms. The molecular weight excluding hydrogens is 659 g/mol. The Labute approximate surface area is 275 Å². The maximum absolute atomic E-state index is 14.1. The molecule has 0 aliphatic carbocycles. The first kappa shape index (κ1) is 32.1. The predicted molar refractivity (Wildman–Crippen MR) is 173 cm³/mol. The molecule has 4 aromatic rings. The summed E-state index contributed by atoms with van der Waals surface area (Å²) in [5.41, 5.74) is 1.04. The number of thiazole rings is 1. The Morgan fingerprint density at radius 2 is 1.59 bits per heavy atom. The van der Waals surface area contributed by atoms with E-state index in [1.807, 2.05) is 24.3 Å². The molecule has 1 fully saturated rings. The lowest BCUT2D eigenvalue weighted by atomic mass is 9.81. The Morgan fingerprint density at radius 3 is 2.22 bits per heavy atom. The number of hydrogen-bond donors (Lipinski definition) is 1. The molecule has 3 amide bonds. The van der Waals surface area contributed by atoms with Gasteiger partial charge in [-0.15, -0.1) is 0 Å². The first-order chi connectivity index (χ1) is 21.6. The molecule has 13 heteroatoms. The lowest BCUT2D eigenvalue weighted by molar-refractivity contribution is -0.137. The highest BCUT2D eigenvalue weighted by Gasteiger charge is 2.56. The second-order valence-electron chi connectivity index (χ2n) is 12.2. The number of amides is 3. The van der Waals surface area contributed by atoms with Gasteiger partial charge in [-0.1, -0.05) is 85.8 Å². The van der Waals surface area contributed by atoms with Crippen molar-refractivity contribution >= 4 is 63.8 Å². The number of thioether (sulfide) groups is 1. The van der Waals surface area contributed by atoms with Crippen molar-refractivity contribution in [2.75, 3.05) is 10.2 Å². The number of carbonyl (C=O) groups is 3. The highest BCUT2D eigenvalue weighted by atomic mass is 35.5. The second-order valence-corrected chi connectivity index (χ2v) is 14.7. The first-order valence-electron chi connectivity index (χ1n) is 14.2. The molecule has 3 atom stereocenters. The number of aromatic nitrogens is 1. The molecule has 1 aromatic heterocycles. The van der Waals surface area contributed by atoms with Gasteiger partial charge >= 0.3 is 11.0 Å². The number of rotatable bonds is 5. The Kier molecular flexibility index (Phi) is 8.19. The van der Waals surface area contributed by atoms with Crippen molar-refractivity contribution in [3.63, 3.8) is 0 Å². The first-order valence-corrected chi connectivity index (χ1v) is 16.3. The summed E-state index contributed by atoms with van der Waals surface area (Å²) < 4.78 is 40.8. The van der Waals surface area contributed by atoms with Crippen molar-refractivity contribution in [3.8, 4) is 0 Å². The minimum absolute atomic E-state index is 0.0725. The van der Waals surface area contributed by atoms with Crippen molar-refractivity contribution in [1.82, 2.24) is 4.57 Å². The van der Waals surface area contributed by atoms with Crippen LogP contribution in [0.4, 0.5) is 24.5 Å². The van der Waals surface area contributed by atoms with Crippen LogP contribution in [0.1, 0.15) is 48.3 Å². The molecule has 3 aromatic carbocycles. The topological polar surface area (TPSA) is 88.5 Å². The van der Waals surface area contributed by atoms with Gasteiger partial charge in [0.15, 0.2) is 0 Å². The molecule has 0 saturated carbocycles. The van der Waals surface area contributed by atoms with Crippen LogP contribution in [0.2, 0.25) is 5.02 Å². The van der Waals surface area contributed by atoms with Crippen molar-refractivity contribution in [2.24, 2.45) is 5.92 Å². The minimum atomic E-state index is -4.59. The fraction of sp³-hybridized carbons (Fsp3) is 0.273. The van der Waals surface area contributed by atoms with Gasteiger partial charge in [-0.2, -0.15) is 13.2 Å². The van der Waals surface area contributed by atoms with Crippen LogP contribution in [0, 0.1) is 5.92 Å². The third kappa shape index (κ3) is 5.89. The normalized spacial score (nSPS) is 19.6. The molecule has 238 valence electrons. The van der Waals surface area contributed by atoms with Gasteiger partial charge in [0.05, 0.1) is 22.2 Å². The van der Waals surface area contributed by atoms with Gasteiger partial charge in [0.25, 0.3) is 0 Å². The smallest absolute Gasteiger partial charge is 0.325 e. The molecule has 0 spiro atoms. The quantitative estimate of drug-likeness (QED) is 0.223. The molecule has 1 saturated heterocycles. The van der Waals surface area contributed by atoms with Gasteiger partial charge < -0.3 is 5.32 Å². The molecule has 7 nitrogen and oxygen atoms in total. The molecule has 6 rings (SSSR count). The van der Waals surface area contributed by atoms with Crippen LogP contribution in [-0.4, -0.2) is 27.5 Å². The van der Waals surface area contributed by atoms with Gasteiger partial charge in [-0.05, 0) is 59.0 Å². The third-order valence-electron chi connectivity index (χ3n) is 8.05. The minimum Gasteiger partial charge on any atom is -0.325 e. The lowest BCUT2D eigenvalue weighted by Crippen LogP contribution is -2.33. The van der Waals surface area contributed by atoms with E-state index in [1.54, 1.807) is 24.3 Å². The molecule has 1 N–H and O–H groups in total. The van der Waals surface area contributed by atoms with Crippen LogP contribution in [0.25, 0.3) is 0 Å². The molecule has 3 heterocycles. The second kappa shape index (κ2) is 11.7. The molecular formula is C33H27ClF3N3O4S2. The van der Waals surface area contributed by atoms with E-state index >= 15 is 0 Å². The van der Waals surface area contributed by atoms with Crippen LogP contribution < -0.4 is 15.1 Å². The van der Waals surface area contributed by atoms with E-state index in [-0.39, 0.29) is 11.1 Å². The van der Waals surface area contributed by atoms with Crippen molar-refractivity contribution in [1.29, 1.82) is 0 Å². The van der Waals surface area contributed by atoms with Gasteiger partial charge in [0, 0.05) is 21.5 Å². The summed E-state index contributed by atoms with van der Waals surface area (Å²) in [6, 6.07) is 18.3. The highest BCUT2D eigenvalue weighted by Crippen LogP contribution is 2.54. The molecule has 46 heavy (non-hydrogen) atoms. The number of alkyl halides is 3. The van der Waals surface area contributed by atoms with Gasteiger partial charge in [0.1, 0.15) is 11.8 Å². The van der Waals surface area contributed by atoms with Crippen molar-refractivity contribution < 1.29 is 27.6 Å². The summed E-state index contributed by atoms with van der Waals surface area (Å²) >= 11 is 8.00. The standard InChI is InChI=1S/C33H27ClF3N3O4S2/c1-32(2,3)18-9-7-17(8-10-18)24-25-26(29(43)40(28(25)42)22-13-11-20(34)12-14-22)45-30-27(24)46-31(44)39(30)16-23(41)38-21-6-4-5-19(15-21)33(35,36)37/h4-15,24-26H,16H2,1-3H3,(H,38,41)/t24-,25?,26?/m1/s1. The number of hydrogen-bond acceptors (Lipinski definition) is 6. The van der Waals surface area contributed by atoms with Crippen molar-refractivity contribution in [3.05, 3.63) is 109 Å². The maximum Gasteiger partial charge on any atom is 0.416 e. The van der Waals surface area contributed by atoms with Crippen LogP contribution in [0.3, 0.4) is 0 Å². The van der Waals surface area contributed by atoms with Gasteiger partial charge in [0.2, 0.25) is 17.7 Å². The fourth-order valence-electron chi connectivity index (χ4n) is 5.77. The number of fused-ring (bicyclic) bond motifs is 2. The van der Waals surface area contributed by atoms with E-state index in [0.29, 0.717) is 20.6 Å². The number of nitrogens with zero attached hydrogens (tertiary/aromatic N) is 2. The number of anilines is 2. The Morgan fingerprint density at radius 1 is 0.913 bits per heavy atom. The summed E-state index contributed by atoms with van der Waals surface area (Å²) in [6.45, 7) is 5.73. The predicted octanol–water partition coefficient (Wildman–Crippen LogP) is 7.31. The molecule has 2 aliphatic heterocycles. The van der Waals surface area contributed by atoms with E-state index in [1.165, 1.54) is 16.7 Å². The molecule has 0 radical (unpaired) electrons. The number of benzene rings is 3. The van der Waals surface area contributed by atoms with Gasteiger partial charge in [-0.25, -0.2) is 4.90 Å². The van der Waals surface area contributed by atoms with Crippen LogP contribution in [0.5, 0.6) is 0 Å². The van der Waals surface area contributed by atoms with Crippen LogP contribution in [-0.2, 0) is 32.5 Å². The highest BCUT2D eigenvalue weighted by molar-refractivity contribution is 8.00. The summed E-state index contributed by atoms with van der Waals surface area (Å²) in [5.74, 6) is -3.06. The monoisotopic (exact) mass is 685 g/mol. The zero-order valence-electron chi connectivity index (χ0n) is 24.7. The largest absolute Gasteiger partial charge is 0.416 e. The third-order valence-corrected chi connectivity index (χ3v) is 10.9. The average molecular weight is 686 g/mol.